The quantitative estimate of drug-likeness (QED) is 0.332. The summed E-state index contributed by atoms with van der Waals surface area (Å²) in [4.78, 5) is 17.9. The molecule has 0 unspecified atom stereocenters. The van der Waals surface area contributed by atoms with Crippen molar-refractivity contribution >= 4 is 16.7 Å². The SMILES string of the molecule is COc1cc2nc(-c3cncnc3)nc(NCC(c3ccccc3)c3ccccc3)c2cc1OC. The van der Waals surface area contributed by atoms with E-state index < -0.39 is 0 Å². The lowest BCUT2D eigenvalue weighted by Gasteiger charge is -2.20. The number of benzene rings is 3. The molecular weight excluding hydrogens is 438 g/mol. The molecule has 1 N–H and O–H groups in total. The van der Waals surface area contributed by atoms with Crippen LogP contribution in [0.5, 0.6) is 11.5 Å². The van der Waals surface area contributed by atoms with Gasteiger partial charge in [0.05, 0.1) is 25.3 Å². The van der Waals surface area contributed by atoms with E-state index in [0.717, 1.165) is 16.5 Å². The average molecular weight is 464 g/mol. The van der Waals surface area contributed by atoms with E-state index in [-0.39, 0.29) is 5.92 Å². The summed E-state index contributed by atoms with van der Waals surface area (Å²) in [5.74, 6) is 2.58. The summed E-state index contributed by atoms with van der Waals surface area (Å²) in [5, 5.41) is 4.43. The molecule has 0 atom stereocenters. The summed E-state index contributed by atoms with van der Waals surface area (Å²) in [6.45, 7) is 0.638. The van der Waals surface area contributed by atoms with Gasteiger partial charge < -0.3 is 14.8 Å². The molecule has 2 heterocycles. The van der Waals surface area contributed by atoms with E-state index >= 15 is 0 Å². The number of nitrogens with zero attached hydrogens (tertiary/aromatic N) is 4. The molecule has 0 radical (unpaired) electrons. The second-order valence-electron chi connectivity index (χ2n) is 8.00. The van der Waals surface area contributed by atoms with Gasteiger partial charge in [0.25, 0.3) is 0 Å². The van der Waals surface area contributed by atoms with Crippen LogP contribution in [0.25, 0.3) is 22.3 Å². The van der Waals surface area contributed by atoms with Crippen LogP contribution in [0.2, 0.25) is 0 Å². The van der Waals surface area contributed by atoms with Crippen molar-refractivity contribution in [3.63, 3.8) is 0 Å². The normalized spacial score (nSPS) is 10.9. The average Bonchev–Trinajstić information content (AvgIpc) is 2.93. The van der Waals surface area contributed by atoms with Crippen molar-refractivity contribution in [3.8, 4) is 22.9 Å². The van der Waals surface area contributed by atoms with Crippen molar-refractivity contribution in [3.05, 3.63) is 103 Å². The van der Waals surface area contributed by atoms with Crippen LogP contribution in [0.15, 0.2) is 91.5 Å². The van der Waals surface area contributed by atoms with Crippen molar-refractivity contribution in [1.82, 2.24) is 19.9 Å². The molecule has 7 nitrogen and oxygen atoms in total. The second kappa shape index (κ2) is 10.2. The smallest absolute Gasteiger partial charge is 0.165 e. The number of ether oxygens (including phenoxy) is 2. The summed E-state index contributed by atoms with van der Waals surface area (Å²) in [7, 11) is 3.23. The van der Waals surface area contributed by atoms with Gasteiger partial charge in [0.2, 0.25) is 0 Å². The Morgan fingerprint density at radius 3 is 1.97 bits per heavy atom. The van der Waals surface area contributed by atoms with Gasteiger partial charge in [-0.25, -0.2) is 19.9 Å². The summed E-state index contributed by atoms with van der Waals surface area (Å²) < 4.78 is 11.1. The standard InChI is InChI=1S/C28H25N5O2/c1-34-25-13-22-24(14-26(25)35-2)32-27(21-15-29-18-30-16-21)33-28(22)31-17-23(19-9-5-3-6-10-19)20-11-7-4-8-12-20/h3-16,18,23H,17H2,1-2H3,(H,31,32,33). The van der Waals surface area contributed by atoms with Gasteiger partial charge in [0.15, 0.2) is 17.3 Å². The van der Waals surface area contributed by atoms with Crippen molar-refractivity contribution in [2.75, 3.05) is 26.1 Å². The van der Waals surface area contributed by atoms with Crippen LogP contribution in [-0.4, -0.2) is 40.7 Å². The number of hydrogen-bond acceptors (Lipinski definition) is 7. The van der Waals surface area contributed by atoms with E-state index in [1.807, 2.05) is 24.3 Å². The highest BCUT2D eigenvalue weighted by molar-refractivity contribution is 5.93. The lowest BCUT2D eigenvalue weighted by Crippen LogP contribution is -2.15. The van der Waals surface area contributed by atoms with Crippen LogP contribution in [0.1, 0.15) is 17.0 Å². The molecule has 5 aromatic rings. The van der Waals surface area contributed by atoms with E-state index in [9.17, 15) is 0 Å². The first-order chi connectivity index (χ1) is 17.3. The largest absolute Gasteiger partial charge is 0.493 e. The highest BCUT2D eigenvalue weighted by atomic mass is 16.5. The minimum Gasteiger partial charge on any atom is -0.493 e. The van der Waals surface area contributed by atoms with Gasteiger partial charge in [0.1, 0.15) is 12.1 Å². The topological polar surface area (TPSA) is 82.1 Å². The fourth-order valence-electron chi connectivity index (χ4n) is 4.13. The third-order valence-corrected chi connectivity index (χ3v) is 5.90. The molecule has 0 aliphatic rings. The Kier molecular flexibility index (Phi) is 6.48. The third-order valence-electron chi connectivity index (χ3n) is 5.90. The molecule has 0 bridgehead atoms. The first-order valence-corrected chi connectivity index (χ1v) is 11.3. The predicted octanol–water partition coefficient (Wildman–Crippen LogP) is 5.35. The maximum absolute atomic E-state index is 5.55. The van der Waals surface area contributed by atoms with Crippen LogP contribution in [0.3, 0.4) is 0 Å². The zero-order chi connectivity index (χ0) is 24.0. The van der Waals surface area contributed by atoms with Crippen molar-refractivity contribution in [1.29, 1.82) is 0 Å². The van der Waals surface area contributed by atoms with Crippen LogP contribution >= 0.6 is 0 Å². The predicted molar refractivity (Wildman–Crippen MR) is 137 cm³/mol. The van der Waals surface area contributed by atoms with Gasteiger partial charge >= 0.3 is 0 Å². The maximum atomic E-state index is 5.55. The zero-order valence-corrected chi connectivity index (χ0v) is 19.6. The van der Waals surface area contributed by atoms with Gasteiger partial charge in [-0.3, -0.25) is 0 Å². The summed E-state index contributed by atoms with van der Waals surface area (Å²) in [6, 6.07) is 24.7. The van der Waals surface area contributed by atoms with Gasteiger partial charge in [-0.2, -0.15) is 0 Å². The molecule has 0 amide bonds. The summed E-state index contributed by atoms with van der Waals surface area (Å²) in [5.41, 5.74) is 3.91. The monoisotopic (exact) mass is 463 g/mol. The van der Waals surface area contributed by atoms with Gasteiger partial charge in [-0.15, -0.1) is 0 Å². The van der Waals surface area contributed by atoms with E-state index in [0.29, 0.717) is 29.7 Å². The molecule has 7 heteroatoms. The van der Waals surface area contributed by atoms with Gasteiger partial charge in [-0.05, 0) is 17.2 Å². The molecule has 5 rings (SSSR count). The first-order valence-electron chi connectivity index (χ1n) is 11.3. The molecule has 0 saturated carbocycles. The fourth-order valence-corrected chi connectivity index (χ4v) is 4.13. The Bertz CT molecular complexity index is 1370. The summed E-state index contributed by atoms with van der Waals surface area (Å²) in [6.07, 6.45) is 4.90. The molecule has 0 fully saturated rings. The summed E-state index contributed by atoms with van der Waals surface area (Å²) >= 11 is 0. The molecule has 0 saturated heterocycles. The van der Waals surface area contributed by atoms with Crippen molar-refractivity contribution in [2.45, 2.75) is 5.92 Å². The molecule has 0 spiro atoms. The first kappa shape index (κ1) is 22.3. The molecule has 0 aliphatic heterocycles. The third kappa shape index (κ3) is 4.75. The lowest BCUT2D eigenvalue weighted by molar-refractivity contribution is 0.356. The van der Waals surface area contributed by atoms with E-state index in [2.05, 4.69) is 63.8 Å². The number of aromatic nitrogens is 4. The van der Waals surface area contributed by atoms with Crippen LogP contribution in [-0.2, 0) is 0 Å². The van der Waals surface area contributed by atoms with Crippen LogP contribution in [0, 0.1) is 0 Å². The van der Waals surface area contributed by atoms with E-state index in [4.69, 9.17) is 19.4 Å². The Hall–Kier alpha value is -4.52. The van der Waals surface area contributed by atoms with Gasteiger partial charge in [-0.1, -0.05) is 60.7 Å². The number of methoxy groups -OCH3 is 2. The number of nitrogens with one attached hydrogen (secondary N) is 1. The number of anilines is 1. The van der Waals surface area contributed by atoms with Crippen LogP contribution in [0.4, 0.5) is 5.82 Å². The molecule has 35 heavy (non-hydrogen) atoms. The minimum absolute atomic E-state index is 0.131. The number of fused-ring (bicyclic) bond motifs is 1. The second-order valence-corrected chi connectivity index (χ2v) is 8.00. The van der Waals surface area contributed by atoms with Crippen molar-refractivity contribution < 1.29 is 9.47 Å². The maximum Gasteiger partial charge on any atom is 0.165 e. The molecule has 0 aliphatic carbocycles. The Balaban J connectivity index is 1.59. The highest BCUT2D eigenvalue weighted by Gasteiger charge is 2.18. The molecular formula is C28H25N5O2. The van der Waals surface area contributed by atoms with E-state index in [1.54, 1.807) is 26.6 Å². The lowest BCUT2D eigenvalue weighted by atomic mass is 9.91. The van der Waals surface area contributed by atoms with Crippen LogP contribution < -0.4 is 14.8 Å². The molecule has 174 valence electrons. The fraction of sp³-hybridized carbons (Fsp3) is 0.143. The Morgan fingerprint density at radius 1 is 0.771 bits per heavy atom. The van der Waals surface area contributed by atoms with Crippen molar-refractivity contribution in [2.24, 2.45) is 0 Å². The number of rotatable bonds is 8. The minimum atomic E-state index is 0.131. The van der Waals surface area contributed by atoms with E-state index in [1.165, 1.54) is 17.5 Å². The Labute approximate surface area is 203 Å². The molecule has 2 aromatic heterocycles. The zero-order valence-electron chi connectivity index (χ0n) is 19.6. The molecule has 3 aromatic carbocycles. The number of hydrogen-bond donors (Lipinski definition) is 1. The highest BCUT2D eigenvalue weighted by Crippen LogP contribution is 2.35. The Morgan fingerprint density at radius 2 is 1.37 bits per heavy atom. The van der Waals surface area contributed by atoms with Gasteiger partial charge in [0, 0.05) is 36.3 Å².